The van der Waals surface area contributed by atoms with Crippen LogP contribution in [0.25, 0.3) is 0 Å². The summed E-state index contributed by atoms with van der Waals surface area (Å²) in [6.45, 7) is 5.18. The quantitative estimate of drug-likeness (QED) is 0.882. The lowest BCUT2D eigenvalue weighted by atomic mass is 10.1. The fourth-order valence-corrected chi connectivity index (χ4v) is 2.00. The molecule has 20 heavy (non-hydrogen) atoms. The average molecular weight is 277 g/mol. The van der Waals surface area contributed by atoms with E-state index in [0.29, 0.717) is 6.61 Å². The van der Waals surface area contributed by atoms with Crippen LogP contribution < -0.4 is 10.1 Å². The molecule has 0 spiro atoms. The minimum Gasteiger partial charge on any atom is -0.484 e. The van der Waals surface area contributed by atoms with Crippen molar-refractivity contribution < 1.29 is 9.13 Å². The Balaban J connectivity index is 2.04. The van der Waals surface area contributed by atoms with Crippen LogP contribution in [-0.4, -0.2) is 16.1 Å². The van der Waals surface area contributed by atoms with Gasteiger partial charge in [0.15, 0.2) is 11.6 Å². The molecule has 0 radical (unpaired) electrons. The Morgan fingerprint density at radius 1 is 1.45 bits per heavy atom. The zero-order valence-electron chi connectivity index (χ0n) is 12.1. The van der Waals surface area contributed by atoms with Gasteiger partial charge in [0.2, 0.25) is 0 Å². The van der Waals surface area contributed by atoms with E-state index in [-0.39, 0.29) is 17.6 Å². The summed E-state index contributed by atoms with van der Waals surface area (Å²) < 4.78 is 21.4. The number of aryl methyl sites for hydroxylation is 1. The number of aromatic nitrogens is 2. The van der Waals surface area contributed by atoms with Gasteiger partial charge in [-0.1, -0.05) is 13.0 Å². The highest BCUT2D eigenvalue weighted by Crippen LogP contribution is 2.22. The highest BCUT2D eigenvalue weighted by molar-refractivity contribution is 5.31. The summed E-state index contributed by atoms with van der Waals surface area (Å²) in [7, 11) is 1.88. The molecule has 2 aromatic rings. The summed E-state index contributed by atoms with van der Waals surface area (Å²) >= 11 is 0. The van der Waals surface area contributed by atoms with Gasteiger partial charge < -0.3 is 14.6 Å². The standard InChI is InChI=1S/C15H20FN3O/c1-4-18-11(2)12-5-6-15(14(16)7-12)20-9-13-8-17-10-19(13)3/h5-8,10-11,18H,4,9H2,1-3H3. The Kier molecular flexibility index (Phi) is 4.74. The van der Waals surface area contributed by atoms with E-state index >= 15 is 0 Å². The van der Waals surface area contributed by atoms with Gasteiger partial charge in [0.05, 0.1) is 18.2 Å². The molecule has 0 aliphatic heterocycles. The van der Waals surface area contributed by atoms with Crippen molar-refractivity contribution in [1.82, 2.24) is 14.9 Å². The first-order valence-electron chi connectivity index (χ1n) is 6.72. The molecule has 1 heterocycles. The van der Waals surface area contributed by atoms with Crippen LogP contribution in [0.15, 0.2) is 30.7 Å². The molecule has 1 N–H and O–H groups in total. The monoisotopic (exact) mass is 277 g/mol. The van der Waals surface area contributed by atoms with E-state index in [1.165, 1.54) is 6.07 Å². The summed E-state index contributed by atoms with van der Waals surface area (Å²) in [4.78, 5) is 4.00. The van der Waals surface area contributed by atoms with Crippen molar-refractivity contribution in [3.05, 3.63) is 47.8 Å². The first kappa shape index (κ1) is 14.5. The Hall–Kier alpha value is -1.88. The Labute approximate surface area is 118 Å². The second kappa shape index (κ2) is 6.52. The molecule has 1 aromatic carbocycles. The summed E-state index contributed by atoms with van der Waals surface area (Å²) in [5.74, 6) is -0.0759. The number of benzene rings is 1. The molecule has 108 valence electrons. The molecule has 0 aliphatic carbocycles. The zero-order valence-corrected chi connectivity index (χ0v) is 12.1. The lowest BCUT2D eigenvalue weighted by Gasteiger charge is -2.14. The predicted octanol–water partition coefficient (Wildman–Crippen LogP) is 2.81. The number of imidazole rings is 1. The highest BCUT2D eigenvalue weighted by Gasteiger charge is 2.10. The summed E-state index contributed by atoms with van der Waals surface area (Å²) in [6.07, 6.45) is 3.40. The number of ether oxygens (including phenoxy) is 1. The van der Waals surface area contributed by atoms with Crippen LogP contribution in [0.4, 0.5) is 4.39 Å². The van der Waals surface area contributed by atoms with Crippen LogP contribution in [0.3, 0.4) is 0 Å². The molecule has 0 aliphatic rings. The number of halogens is 1. The van der Waals surface area contributed by atoms with Crippen LogP contribution in [0.1, 0.15) is 31.1 Å². The van der Waals surface area contributed by atoms with E-state index in [2.05, 4.69) is 10.3 Å². The van der Waals surface area contributed by atoms with Crippen molar-refractivity contribution in [3.63, 3.8) is 0 Å². The lowest BCUT2D eigenvalue weighted by molar-refractivity contribution is 0.282. The van der Waals surface area contributed by atoms with E-state index in [9.17, 15) is 4.39 Å². The first-order chi connectivity index (χ1) is 9.61. The maximum Gasteiger partial charge on any atom is 0.165 e. The van der Waals surface area contributed by atoms with Crippen molar-refractivity contribution in [2.75, 3.05) is 6.54 Å². The van der Waals surface area contributed by atoms with Crippen molar-refractivity contribution in [1.29, 1.82) is 0 Å². The third-order valence-corrected chi connectivity index (χ3v) is 3.26. The minimum absolute atomic E-state index is 0.126. The first-order valence-corrected chi connectivity index (χ1v) is 6.72. The highest BCUT2D eigenvalue weighted by atomic mass is 19.1. The van der Waals surface area contributed by atoms with Crippen molar-refractivity contribution in [2.45, 2.75) is 26.5 Å². The second-order valence-corrected chi connectivity index (χ2v) is 4.75. The van der Waals surface area contributed by atoms with Gasteiger partial charge in [-0.15, -0.1) is 0 Å². The molecule has 1 aromatic heterocycles. The molecular formula is C15H20FN3O. The van der Waals surface area contributed by atoms with Gasteiger partial charge in [-0.05, 0) is 31.2 Å². The molecule has 2 rings (SSSR count). The van der Waals surface area contributed by atoms with E-state index in [1.807, 2.05) is 31.5 Å². The molecule has 4 nitrogen and oxygen atoms in total. The number of nitrogens with zero attached hydrogens (tertiary/aromatic N) is 2. The lowest BCUT2D eigenvalue weighted by Crippen LogP contribution is -2.17. The van der Waals surface area contributed by atoms with Crippen molar-refractivity contribution >= 4 is 0 Å². The fraction of sp³-hybridized carbons (Fsp3) is 0.400. The third-order valence-electron chi connectivity index (χ3n) is 3.26. The molecule has 5 heteroatoms. The smallest absolute Gasteiger partial charge is 0.165 e. The van der Waals surface area contributed by atoms with Crippen LogP contribution in [0.5, 0.6) is 5.75 Å². The van der Waals surface area contributed by atoms with Gasteiger partial charge in [-0.3, -0.25) is 0 Å². The molecular weight excluding hydrogens is 257 g/mol. The SMILES string of the molecule is CCNC(C)c1ccc(OCc2cncn2C)c(F)c1. The molecule has 0 amide bonds. The molecule has 1 unspecified atom stereocenters. The number of hydrogen-bond acceptors (Lipinski definition) is 3. The maximum absolute atomic E-state index is 14.0. The summed E-state index contributed by atoms with van der Waals surface area (Å²) in [6, 6.07) is 5.20. The van der Waals surface area contributed by atoms with E-state index in [1.54, 1.807) is 18.6 Å². The summed E-state index contributed by atoms with van der Waals surface area (Å²) in [5, 5.41) is 3.25. The average Bonchev–Trinajstić information content (AvgIpc) is 2.83. The molecule has 0 fully saturated rings. The van der Waals surface area contributed by atoms with E-state index < -0.39 is 0 Å². The number of nitrogens with one attached hydrogen (secondary N) is 1. The van der Waals surface area contributed by atoms with Crippen LogP contribution in [0.2, 0.25) is 0 Å². The maximum atomic E-state index is 14.0. The van der Waals surface area contributed by atoms with Gasteiger partial charge in [0, 0.05) is 13.1 Å². The Bertz CT molecular complexity index is 568. The zero-order chi connectivity index (χ0) is 14.5. The van der Waals surface area contributed by atoms with E-state index in [4.69, 9.17) is 4.74 Å². The topological polar surface area (TPSA) is 39.1 Å². The Morgan fingerprint density at radius 2 is 2.25 bits per heavy atom. The van der Waals surface area contributed by atoms with Crippen molar-refractivity contribution in [2.24, 2.45) is 7.05 Å². The fourth-order valence-electron chi connectivity index (χ4n) is 2.00. The molecule has 1 atom stereocenters. The third kappa shape index (κ3) is 3.36. The van der Waals surface area contributed by atoms with Gasteiger partial charge in [0.1, 0.15) is 6.61 Å². The predicted molar refractivity (Wildman–Crippen MR) is 76.0 cm³/mol. The second-order valence-electron chi connectivity index (χ2n) is 4.75. The summed E-state index contributed by atoms with van der Waals surface area (Å²) in [5.41, 5.74) is 1.81. The van der Waals surface area contributed by atoms with Gasteiger partial charge in [-0.2, -0.15) is 0 Å². The molecule has 0 bridgehead atoms. The number of rotatable bonds is 6. The molecule has 0 saturated heterocycles. The molecule has 0 saturated carbocycles. The van der Waals surface area contributed by atoms with E-state index in [0.717, 1.165) is 17.8 Å². The van der Waals surface area contributed by atoms with Crippen molar-refractivity contribution in [3.8, 4) is 5.75 Å². The normalized spacial score (nSPS) is 12.4. The minimum atomic E-state index is -0.338. The van der Waals surface area contributed by atoms with Gasteiger partial charge >= 0.3 is 0 Å². The van der Waals surface area contributed by atoms with Crippen LogP contribution in [-0.2, 0) is 13.7 Å². The van der Waals surface area contributed by atoms with Crippen LogP contribution >= 0.6 is 0 Å². The Morgan fingerprint density at radius 3 is 2.85 bits per heavy atom. The van der Waals surface area contributed by atoms with Gasteiger partial charge in [0.25, 0.3) is 0 Å². The largest absolute Gasteiger partial charge is 0.484 e. The van der Waals surface area contributed by atoms with Crippen LogP contribution in [0, 0.1) is 5.82 Å². The van der Waals surface area contributed by atoms with Gasteiger partial charge in [-0.25, -0.2) is 9.37 Å². The number of hydrogen-bond donors (Lipinski definition) is 1.